The highest BCUT2D eigenvalue weighted by molar-refractivity contribution is 7.86. The van der Waals surface area contributed by atoms with Crippen LogP contribution in [-0.2, 0) is 19.0 Å². The van der Waals surface area contributed by atoms with E-state index in [0.29, 0.717) is 0 Å². The molecule has 1 aliphatic heterocycles. The van der Waals surface area contributed by atoms with Crippen molar-refractivity contribution in [3.05, 3.63) is 29.8 Å². The average molecular weight is 304 g/mol. The summed E-state index contributed by atoms with van der Waals surface area (Å²) in [6.07, 6.45) is -6.09. The molecule has 0 aliphatic carbocycles. The number of hydrogen-bond acceptors (Lipinski definition) is 7. The highest BCUT2D eigenvalue weighted by atomic mass is 32.2. The van der Waals surface area contributed by atoms with Gasteiger partial charge in [-0.2, -0.15) is 8.42 Å². The molecule has 2 rings (SSSR count). The number of benzene rings is 1. The van der Waals surface area contributed by atoms with Gasteiger partial charge in [-0.05, 0) is 19.1 Å². The van der Waals surface area contributed by atoms with Gasteiger partial charge >= 0.3 is 0 Å². The summed E-state index contributed by atoms with van der Waals surface area (Å²) in [5.41, 5.74) is 0.875. The first kappa shape index (κ1) is 15.4. The van der Waals surface area contributed by atoms with E-state index in [4.69, 9.17) is 8.92 Å². The van der Waals surface area contributed by atoms with E-state index in [2.05, 4.69) is 0 Å². The van der Waals surface area contributed by atoms with Gasteiger partial charge in [0.2, 0.25) is 0 Å². The highest BCUT2D eigenvalue weighted by Gasteiger charge is 2.41. The minimum Gasteiger partial charge on any atom is -0.388 e. The zero-order valence-electron chi connectivity index (χ0n) is 10.7. The first-order valence-electron chi connectivity index (χ1n) is 5.97. The zero-order chi connectivity index (χ0) is 14.9. The molecule has 0 amide bonds. The lowest BCUT2D eigenvalue weighted by Gasteiger charge is -2.34. The third-order valence-electron chi connectivity index (χ3n) is 3.00. The van der Waals surface area contributed by atoms with Crippen LogP contribution in [0.4, 0.5) is 0 Å². The molecule has 1 fully saturated rings. The molecule has 0 unspecified atom stereocenters. The van der Waals surface area contributed by atoms with Crippen molar-refractivity contribution in [3.63, 3.8) is 0 Å². The van der Waals surface area contributed by atoms with E-state index in [-0.39, 0.29) is 11.5 Å². The van der Waals surface area contributed by atoms with Gasteiger partial charge in [-0.25, -0.2) is 0 Å². The minimum absolute atomic E-state index is 0.109. The molecule has 3 N–H and O–H groups in total. The number of rotatable bonds is 3. The number of aliphatic hydroxyl groups excluding tert-OH is 3. The maximum Gasteiger partial charge on any atom is 0.297 e. The molecule has 7 nitrogen and oxygen atoms in total. The Bertz CT molecular complexity index is 554. The van der Waals surface area contributed by atoms with Crippen molar-refractivity contribution in [2.75, 3.05) is 6.61 Å². The van der Waals surface area contributed by atoms with Gasteiger partial charge in [0.25, 0.3) is 10.1 Å². The Morgan fingerprint density at radius 2 is 1.80 bits per heavy atom. The summed E-state index contributed by atoms with van der Waals surface area (Å²) < 4.78 is 33.6. The topological polar surface area (TPSA) is 113 Å². The number of aliphatic hydroxyl groups is 3. The molecule has 1 aliphatic rings. The molecule has 112 valence electrons. The lowest BCUT2D eigenvalue weighted by Crippen LogP contribution is -2.54. The van der Waals surface area contributed by atoms with E-state index in [0.717, 1.165) is 5.56 Å². The Labute approximate surface area is 116 Å². The molecule has 1 aromatic rings. The number of hydrogen-bond donors (Lipinski definition) is 3. The maximum absolute atomic E-state index is 12.0. The first-order chi connectivity index (χ1) is 9.31. The summed E-state index contributed by atoms with van der Waals surface area (Å²) in [7, 11) is -4.18. The third-order valence-corrected chi connectivity index (χ3v) is 4.32. The van der Waals surface area contributed by atoms with E-state index < -0.39 is 34.7 Å². The van der Waals surface area contributed by atoms with E-state index in [1.54, 1.807) is 19.1 Å². The van der Waals surface area contributed by atoms with Gasteiger partial charge in [0, 0.05) is 0 Å². The van der Waals surface area contributed by atoms with Crippen molar-refractivity contribution in [2.24, 2.45) is 0 Å². The zero-order valence-corrected chi connectivity index (χ0v) is 11.5. The van der Waals surface area contributed by atoms with Gasteiger partial charge in [-0.15, -0.1) is 0 Å². The van der Waals surface area contributed by atoms with Gasteiger partial charge in [0.05, 0.1) is 11.5 Å². The Hall–Kier alpha value is -1.03. The van der Waals surface area contributed by atoms with Gasteiger partial charge in [-0.3, -0.25) is 4.18 Å². The Kier molecular flexibility index (Phi) is 4.43. The number of ether oxygens (including phenoxy) is 1. The second kappa shape index (κ2) is 5.76. The Morgan fingerprint density at radius 1 is 1.20 bits per heavy atom. The SMILES string of the molecule is Cc1ccc(S(=O)(=O)O[C@H]2[C@H](O)[C@@H](O)CO[C@H]2O)cc1. The van der Waals surface area contributed by atoms with Crippen molar-refractivity contribution < 1.29 is 32.7 Å². The van der Waals surface area contributed by atoms with Crippen LogP contribution in [-0.4, -0.2) is 54.9 Å². The molecule has 0 aromatic heterocycles. The van der Waals surface area contributed by atoms with Crippen molar-refractivity contribution in [1.82, 2.24) is 0 Å². The summed E-state index contributed by atoms with van der Waals surface area (Å²) in [5, 5.41) is 28.6. The molecular formula is C12H16O7S. The summed E-state index contributed by atoms with van der Waals surface area (Å²) in [5.74, 6) is 0. The molecule has 0 saturated carbocycles. The lowest BCUT2D eigenvalue weighted by atomic mass is 10.1. The molecule has 20 heavy (non-hydrogen) atoms. The predicted molar refractivity (Wildman–Crippen MR) is 67.2 cm³/mol. The van der Waals surface area contributed by atoms with Gasteiger partial charge in [-0.1, -0.05) is 17.7 Å². The molecule has 0 radical (unpaired) electrons. The van der Waals surface area contributed by atoms with Crippen LogP contribution in [0.3, 0.4) is 0 Å². The molecular weight excluding hydrogens is 288 g/mol. The maximum atomic E-state index is 12.0. The summed E-state index contributed by atoms with van der Waals surface area (Å²) >= 11 is 0. The highest BCUT2D eigenvalue weighted by Crippen LogP contribution is 2.22. The molecule has 1 heterocycles. The van der Waals surface area contributed by atoms with Crippen LogP contribution in [0.5, 0.6) is 0 Å². The molecule has 8 heteroatoms. The van der Waals surface area contributed by atoms with E-state index >= 15 is 0 Å². The van der Waals surface area contributed by atoms with Crippen molar-refractivity contribution in [1.29, 1.82) is 0 Å². The second-order valence-electron chi connectivity index (χ2n) is 4.61. The van der Waals surface area contributed by atoms with Crippen molar-refractivity contribution >= 4 is 10.1 Å². The Morgan fingerprint density at radius 3 is 2.40 bits per heavy atom. The van der Waals surface area contributed by atoms with Crippen LogP contribution < -0.4 is 0 Å². The fraction of sp³-hybridized carbons (Fsp3) is 0.500. The van der Waals surface area contributed by atoms with Crippen molar-refractivity contribution in [3.8, 4) is 0 Å². The molecule has 0 spiro atoms. The first-order valence-corrected chi connectivity index (χ1v) is 7.38. The largest absolute Gasteiger partial charge is 0.388 e. The second-order valence-corrected chi connectivity index (χ2v) is 6.18. The van der Waals surface area contributed by atoms with E-state index in [1.165, 1.54) is 12.1 Å². The van der Waals surface area contributed by atoms with Crippen LogP contribution in [0.25, 0.3) is 0 Å². The fourth-order valence-electron chi connectivity index (χ4n) is 1.79. The van der Waals surface area contributed by atoms with Gasteiger partial charge < -0.3 is 20.1 Å². The third kappa shape index (κ3) is 3.17. The van der Waals surface area contributed by atoms with Crippen LogP contribution in [0.15, 0.2) is 29.2 Å². The minimum atomic E-state index is -4.18. The van der Waals surface area contributed by atoms with Crippen LogP contribution >= 0.6 is 0 Å². The quantitative estimate of drug-likeness (QED) is 0.623. The van der Waals surface area contributed by atoms with E-state index in [9.17, 15) is 23.7 Å². The average Bonchev–Trinajstić information content (AvgIpc) is 2.40. The summed E-state index contributed by atoms with van der Waals surface area (Å²) in [6.45, 7) is 1.50. The van der Waals surface area contributed by atoms with Crippen molar-refractivity contribution in [2.45, 2.75) is 36.4 Å². The molecule has 1 aromatic carbocycles. The summed E-state index contributed by atoms with van der Waals surface area (Å²) in [4.78, 5) is -0.109. The number of aryl methyl sites for hydroxylation is 1. The predicted octanol–water partition coefficient (Wildman–Crippen LogP) is -0.861. The van der Waals surface area contributed by atoms with Crippen LogP contribution in [0.1, 0.15) is 5.56 Å². The monoisotopic (exact) mass is 304 g/mol. The van der Waals surface area contributed by atoms with Crippen LogP contribution in [0.2, 0.25) is 0 Å². The van der Waals surface area contributed by atoms with E-state index in [1.807, 2.05) is 0 Å². The standard InChI is InChI=1S/C12H16O7S/c1-7-2-4-8(5-3-7)20(16,17)19-11-10(14)9(13)6-18-12(11)15/h2-5,9-15H,6H2,1H3/t9-,10+,11-,12+/m0/s1. The Balaban J connectivity index is 2.20. The smallest absolute Gasteiger partial charge is 0.297 e. The van der Waals surface area contributed by atoms with Gasteiger partial charge in [0.1, 0.15) is 12.2 Å². The normalized spacial score (nSPS) is 31.2. The molecule has 1 saturated heterocycles. The molecule has 0 bridgehead atoms. The van der Waals surface area contributed by atoms with Gasteiger partial charge in [0.15, 0.2) is 12.4 Å². The lowest BCUT2D eigenvalue weighted by molar-refractivity contribution is -0.244. The molecule has 4 atom stereocenters. The fourth-order valence-corrected chi connectivity index (χ4v) is 2.87. The van der Waals surface area contributed by atoms with Crippen LogP contribution in [0, 0.1) is 6.92 Å². The summed E-state index contributed by atoms with van der Waals surface area (Å²) in [6, 6.07) is 5.89.